The van der Waals surface area contributed by atoms with Crippen LogP contribution in [0, 0.1) is 12.8 Å². The summed E-state index contributed by atoms with van der Waals surface area (Å²) in [6.07, 6.45) is 0.476. The van der Waals surface area contributed by atoms with Crippen molar-refractivity contribution in [1.82, 2.24) is 5.32 Å². The van der Waals surface area contributed by atoms with Crippen molar-refractivity contribution in [3.63, 3.8) is 0 Å². The lowest BCUT2D eigenvalue weighted by Gasteiger charge is -2.13. The molecule has 2 aromatic rings. The van der Waals surface area contributed by atoms with Gasteiger partial charge in [0.15, 0.2) is 0 Å². The Morgan fingerprint density at radius 2 is 1.71 bits per heavy atom. The minimum absolute atomic E-state index is 0. The Balaban J connectivity index is 0.00000392. The van der Waals surface area contributed by atoms with Crippen LogP contribution in [-0.4, -0.2) is 18.4 Å². The van der Waals surface area contributed by atoms with Crippen molar-refractivity contribution in [2.45, 2.75) is 40.7 Å². The molecule has 3 N–H and O–H groups in total. The summed E-state index contributed by atoms with van der Waals surface area (Å²) in [6.45, 7) is 9.52. The average Bonchev–Trinajstić information content (AvgIpc) is 2.62. The monoisotopic (exact) mass is 403 g/mol. The summed E-state index contributed by atoms with van der Waals surface area (Å²) < 4.78 is 0. The van der Waals surface area contributed by atoms with Crippen LogP contribution in [0.1, 0.15) is 48.7 Å². The Bertz CT molecular complexity index is 806. The molecule has 6 heteroatoms. The van der Waals surface area contributed by atoms with Crippen LogP contribution in [0.5, 0.6) is 0 Å². The van der Waals surface area contributed by atoms with Gasteiger partial charge >= 0.3 is 0 Å². The van der Waals surface area contributed by atoms with E-state index in [0.717, 1.165) is 29.0 Å². The molecule has 5 nitrogen and oxygen atoms in total. The molecule has 2 aromatic carbocycles. The number of para-hydroxylation sites is 1. The van der Waals surface area contributed by atoms with E-state index < -0.39 is 0 Å². The highest BCUT2D eigenvalue weighted by molar-refractivity contribution is 6.05. The molecule has 2 rings (SSSR count). The molecule has 0 radical (unpaired) electrons. The highest BCUT2D eigenvalue weighted by Crippen LogP contribution is 2.20. The zero-order valence-electron chi connectivity index (χ0n) is 17.0. The van der Waals surface area contributed by atoms with Crippen LogP contribution < -0.4 is 16.0 Å². The molecule has 0 saturated heterocycles. The third-order valence-corrected chi connectivity index (χ3v) is 4.19. The standard InChI is InChI=1S/C22H29N3O2.ClH/c1-5-23-14-18-8-6-7-9-20(18)25-22(27)17-10-11-19(16(4)13-17)24-21(26)12-15(2)3;/h6-11,13,15,23H,5,12,14H2,1-4H3,(H,24,26)(H,25,27);1H. The summed E-state index contributed by atoms with van der Waals surface area (Å²) in [7, 11) is 0. The first-order valence-corrected chi connectivity index (χ1v) is 9.41. The van der Waals surface area contributed by atoms with Gasteiger partial charge in [-0.05, 0) is 54.8 Å². The summed E-state index contributed by atoms with van der Waals surface area (Å²) in [6, 6.07) is 13.1. The maximum Gasteiger partial charge on any atom is 0.255 e. The molecule has 0 bridgehead atoms. The van der Waals surface area contributed by atoms with Gasteiger partial charge in [0.25, 0.3) is 5.91 Å². The number of aryl methyl sites for hydroxylation is 1. The minimum Gasteiger partial charge on any atom is -0.326 e. The van der Waals surface area contributed by atoms with E-state index in [4.69, 9.17) is 0 Å². The van der Waals surface area contributed by atoms with E-state index in [0.29, 0.717) is 24.4 Å². The average molecular weight is 404 g/mol. The SMILES string of the molecule is CCNCc1ccccc1NC(=O)c1ccc(NC(=O)CC(C)C)c(C)c1.Cl. The Hall–Kier alpha value is -2.37. The highest BCUT2D eigenvalue weighted by atomic mass is 35.5. The maximum atomic E-state index is 12.7. The van der Waals surface area contributed by atoms with Crippen LogP contribution in [0.3, 0.4) is 0 Å². The third-order valence-electron chi connectivity index (χ3n) is 4.19. The Morgan fingerprint density at radius 3 is 2.36 bits per heavy atom. The predicted molar refractivity (Wildman–Crippen MR) is 118 cm³/mol. The number of nitrogens with one attached hydrogen (secondary N) is 3. The van der Waals surface area contributed by atoms with Crippen molar-refractivity contribution in [2.24, 2.45) is 5.92 Å². The van der Waals surface area contributed by atoms with E-state index in [2.05, 4.69) is 16.0 Å². The first-order valence-electron chi connectivity index (χ1n) is 9.41. The summed E-state index contributed by atoms with van der Waals surface area (Å²) in [4.78, 5) is 24.6. The largest absolute Gasteiger partial charge is 0.326 e. The van der Waals surface area contributed by atoms with Gasteiger partial charge in [-0.2, -0.15) is 0 Å². The first-order chi connectivity index (χ1) is 12.9. The number of rotatable bonds is 8. The quantitative estimate of drug-likeness (QED) is 0.594. The number of hydrogen-bond acceptors (Lipinski definition) is 3. The molecule has 0 fully saturated rings. The fraction of sp³-hybridized carbons (Fsp3) is 0.364. The molecular formula is C22H30ClN3O2. The smallest absolute Gasteiger partial charge is 0.255 e. The summed E-state index contributed by atoms with van der Waals surface area (Å²) >= 11 is 0. The van der Waals surface area contributed by atoms with Gasteiger partial charge in [0.2, 0.25) is 5.91 Å². The van der Waals surface area contributed by atoms with E-state index >= 15 is 0 Å². The molecule has 152 valence electrons. The molecule has 0 unspecified atom stereocenters. The summed E-state index contributed by atoms with van der Waals surface area (Å²) in [5.74, 6) is 0.127. The molecule has 0 aliphatic rings. The predicted octanol–water partition coefficient (Wildman–Crippen LogP) is 4.76. The van der Waals surface area contributed by atoms with Crippen LogP contribution in [0.15, 0.2) is 42.5 Å². The zero-order valence-corrected chi connectivity index (χ0v) is 17.8. The second-order valence-electron chi connectivity index (χ2n) is 7.07. The fourth-order valence-corrected chi connectivity index (χ4v) is 2.77. The molecule has 0 atom stereocenters. The lowest BCUT2D eigenvalue weighted by atomic mass is 10.1. The lowest BCUT2D eigenvalue weighted by Crippen LogP contribution is -2.18. The number of halogens is 1. The molecule has 0 spiro atoms. The molecule has 0 saturated carbocycles. The number of amides is 2. The van der Waals surface area contributed by atoms with Gasteiger partial charge in [-0.25, -0.2) is 0 Å². The first kappa shape index (κ1) is 23.7. The molecular weight excluding hydrogens is 374 g/mol. The number of carbonyl (C=O) groups excluding carboxylic acids is 2. The molecule has 0 aromatic heterocycles. The number of anilines is 2. The van der Waals surface area contributed by atoms with E-state index in [1.165, 1.54) is 0 Å². The Morgan fingerprint density at radius 1 is 1.00 bits per heavy atom. The maximum absolute atomic E-state index is 12.7. The van der Waals surface area contributed by atoms with Gasteiger partial charge in [0.05, 0.1) is 0 Å². The Labute approximate surface area is 173 Å². The van der Waals surface area contributed by atoms with E-state index in [1.807, 2.05) is 52.0 Å². The second kappa shape index (κ2) is 11.5. The van der Waals surface area contributed by atoms with Crippen molar-refractivity contribution in [3.05, 3.63) is 59.2 Å². The third kappa shape index (κ3) is 6.98. The van der Waals surface area contributed by atoms with E-state index in [9.17, 15) is 9.59 Å². The Kier molecular flexibility index (Phi) is 9.69. The zero-order chi connectivity index (χ0) is 19.8. The molecule has 2 amide bonds. The van der Waals surface area contributed by atoms with Crippen LogP contribution in [0.25, 0.3) is 0 Å². The lowest BCUT2D eigenvalue weighted by molar-refractivity contribution is -0.116. The van der Waals surface area contributed by atoms with Gasteiger partial charge in [-0.15, -0.1) is 12.4 Å². The summed E-state index contributed by atoms with van der Waals surface area (Å²) in [5, 5.41) is 9.17. The second-order valence-corrected chi connectivity index (χ2v) is 7.07. The van der Waals surface area contributed by atoms with Crippen LogP contribution in [-0.2, 0) is 11.3 Å². The molecule has 0 aliphatic carbocycles. The van der Waals surface area contributed by atoms with Crippen LogP contribution in [0.2, 0.25) is 0 Å². The minimum atomic E-state index is -0.165. The molecule has 0 aliphatic heterocycles. The van der Waals surface area contributed by atoms with Gasteiger partial charge in [-0.3, -0.25) is 9.59 Å². The van der Waals surface area contributed by atoms with Crippen molar-refractivity contribution < 1.29 is 9.59 Å². The number of benzene rings is 2. The number of hydrogen-bond donors (Lipinski definition) is 3. The van der Waals surface area contributed by atoms with Crippen molar-refractivity contribution >= 4 is 35.6 Å². The van der Waals surface area contributed by atoms with Gasteiger partial charge in [0, 0.05) is 29.9 Å². The van der Waals surface area contributed by atoms with Crippen molar-refractivity contribution in [3.8, 4) is 0 Å². The van der Waals surface area contributed by atoms with Crippen LogP contribution >= 0.6 is 12.4 Å². The van der Waals surface area contributed by atoms with E-state index in [1.54, 1.807) is 18.2 Å². The summed E-state index contributed by atoms with van der Waals surface area (Å²) in [5.41, 5.74) is 4.01. The number of carbonyl (C=O) groups is 2. The van der Waals surface area contributed by atoms with E-state index in [-0.39, 0.29) is 24.2 Å². The van der Waals surface area contributed by atoms with Crippen molar-refractivity contribution in [2.75, 3.05) is 17.2 Å². The highest BCUT2D eigenvalue weighted by Gasteiger charge is 2.12. The normalized spacial score (nSPS) is 10.3. The van der Waals surface area contributed by atoms with Gasteiger partial charge < -0.3 is 16.0 Å². The topological polar surface area (TPSA) is 70.2 Å². The van der Waals surface area contributed by atoms with Crippen molar-refractivity contribution in [1.29, 1.82) is 0 Å². The van der Waals surface area contributed by atoms with Gasteiger partial charge in [0.1, 0.15) is 0 Å². The van der Waals surface area contributed by atoms with Crippen LogP contribution in [0.4, 0.5) is 11.4 Å². The fourth-order valence-electron chi connectivity index (χ4n) is 2.77. The van der Waals surface area contributed by atoms with Gasteiger partial charge in [-0.1, -0.05) is 39.0 Å². The molecule has 28 heavy (non-hydrogen) atoms. The molecule has 0 heterocycles.